The van der Waals surface area contributed by atoms with Gasteiger partial charge in [-0.2, -0.15) is 0 Å². The van der Waals surface area contributed by atoms with Crippen LogP contribution in [0.25, 0.3) is 0 Å². The van der Waals surface area contributed by atoms with E-state index in [1.54, 1.807) is 11.3 Å². The molecule has 1 aliphatic rings. The Hall–Kier alpha value is -0.410. The number of nitrogens with zero attached hydrogens (tertiary/aromatic N) is 1. The van der Waals surface area contributed by atoms with Crippen molar-refractivity contribution in [3.05, 3.63) is 16.1 Å². The van der Waals surface area contributed by atoms with Crippen LogP contribution in [-0.2, 0) is 6.42 Å². The first kappa shape index (κ1) is 14.0. The Balaban J connectivity index is 1.60. The average molecular weight is 266 g/mol. The van der Waals surface area contributed by atoms with Crippen LogP contribution in [0.15, 0.2) is 5.38 Å². The second-order valence-corrected chi connectivity index (χ2v) is 6.63. The summed E-state index contributed by atoms with van der Waals surface area (Å²) in [6, 6.07) is 0.762. The average Bonchev–Trinajstić information content (AvgIpc) is 2.78. The molecule has 1 N–H and O–H groups in total. The van der Waals surface area contributed by atoms with Crippen molar-refractivity contribution in [1.29, 1.82) is 0 Å². The number of rotatable bonds is 6. The van der Waals surface area contributed by atoms with Crippen molar-refractivity contribution in [3.63, 3.8) is 0 Å². The van der Waals surface area contributed by atoms with Crippen LogP contribution >= 0.6 is 11.3 Å². The van der Waals surface area contributed by atoms with E-state index in [1.165, 1.54) is 49.2 Å². The van der Waals surface area contributed by atoms with Crippen molar-refractivity contribution in [3.8, 4) is 0 Å². The van der Waals surface area contributed by atoms with E-state index < -0.39 is 0 Å². The zero-order valence-electron chi connectivity index (χ0n) is 11.7. The van der Waals surface area contributed by atoms with E-state index in [2.05, 4.69) is 29.5 Å². The van der Waals surface area contributed by atoms with Gasteiger partial charge in [0.2, 0.25) is 0 Å². The van der Waals surface area contributed by atoms with Crippen molar-refractivity contribution in [2.24, 2.45) is 5.92 Å². The van der Waals surface area contributed by atoms with Gasteiger partial charge < -0.3 is 5.32 Å². The number of aryl methyl sites for hydroxylation is 1. The standard InChI is InChI=1S/C15H26N2S/c1-3-4-13-5-7-14(8-6-13)16-10-9-15-11-18-12(2)17-15/h11,13-14,16H,3-10H2,1-2H3. The van der Waals surface area contributed by atoms with Gasteiger partial charge in [-0.3, -0.25) is 0 Å². The summed E-state index contributed by atoms with van der Waals surface area (Å²) < 4.78 is 0. The van der Waals surface area contributed by atoms with Crippen LogP contribution < -0.4 is 5.32 Å². The molecule has 1 saturated carbocycles. The molecule has 0 aromatic carbocycles. The fraction of sp³-hybridized carbons (Fsp3) is 0.800. The highest BCUT2D eigenvalue weighted by atomic mass is 32.1. The molecular weight excluding hydrogens is 240 g/mol. The molecule has 0 spiro atoms. The first-order valence-corrected chi connectivity index (χ1v) is 8.30. The Bertz CT molecular complexity index is 340. The van der Waals surface area contributed by atoms with Gasteiger partial charge in [-0.25, -0.2) is 4.98 Å². The lowest BCUT2D eigenvalue weighted by Crippen LogP contribution is -2.34. The first-order valence-electron chi connectivity index (χ1n) is 7.42. The topological polar surface area (TPSA) is 24.9 Å². The molecule has 1 aliphatic carbocycles. The number of aromatic nitrogens is 1. The lowest BCUT2D eigenvalue weighted by molar-refractivity contribution is 0.279. The monoisotopic (exact) mass is 266 g/mol. The fourth-order valence-corrected chi connectivity index (χ4v) is 3.64. The first-order chi connectivity index (χ1) is 8.78. The van der Waals surface area contributed by atoms with Gasteiger partial charge in [0.1, 0.15) is 0 Å². The Kier molecular flexibility index (Phi) is 5.64. The third-order valence-corrected chi connectivity index (χ3v) is 4.85. The van der Waals surface area contributed by atoms with E-state index in [1.807, 2.05) is 0 Å². The van der Waals surface area contributed by atoms with E-state index in [-0.39, 0.29) is 0 Å². The summed E-state index contributed by atoms with van der Waals surface area (Å²) in [4.78, 5) is 4.51. The largest absolute Gasteiger partial charge is 0.314 e. The minimum Gasteiger partial charge on any atom is -0.314 e. The van der Waals surface area contributed by atoms with Crippen molar-refractivity contribution >= 4 is 11.3 Å². The fourth-order valence-electron chi connectivity index (χ4n) is 2.99. The molecule has 2 rings (SSSR count). The molecule has 0 atom stereocenters. The van der Waals surface area contributed by atoms with Crippen LogP contribution in [0.3, 0.4) is 0 Å². The molecular formula is C15H26N2S. The van der Waals surface area contributed by atoms with E-state index >= 15 is 0 Å². The highest BCUT2D eigenvalue weighted by Gasteiger charge is 2.19. The van der Waals surface area contributed by atoms with E-state index in [9.17, 15) is 0 Å². The predicted octanol–water partition coefficient (Wildman–Crippen LogP) is 3.94. The van der Waals surface area contributed by atoms with Crippen molar-refractivity contribution in [1.82, 2.24) is 10.3 Å². The van der Waals surface area contributed by atoms with E-state index in [4.69, 9.17) is 0 Å². The van der Waals surface area contributed by atoms with Gasteiger partial charge in [-0.15, -0.1) is 11.3 Å². The number of nitrogens with one attached hydrogen (secondary N) is 1. The zero-order chi connectivity index (χ0) is 12.8. The highest BCUT2D eigenvalue weighted by Crippen LogP contribution is 2.27. The van der Waals surface area contributed by atoms with Gasteiger partial charge >= 0.3 is 0 Å². The summed E-state index contributed by atoms with van der Waals surface area (Å²) in [7, 11) is 0. The Morgan fingerprint density at radius 2 is 2.11 bits per heavy atom. The van der Waals surface area contributed by atoms with Crippen LogP contribution in [0.4, 0.5) is 0 Å². The summed E-state index contributed by atoms with van der Waals surface area (Å²) in [5, 5.41) is 7.08. The molecule has 1 heterocycles. The third kappa shape index (κ3) is 4.36. The molecule has 3 heteroatoms. The van der Waals surface area contributed by atoms with Gasteiger partial charge in [0.15, 0.2) is 0 Å². The molecule has 0 bridgehead atoms. The Morgan fingerprint density at radius 1 is 1.33 bits per heavy atom. The minimum atomic E-state index is 0.762. The third-order valence-electron chi connectivity index (χ3n) is 4.02. The maximum atomic E-state index is 4.51. The van der Waals surface area contributed by atoms with Crippen LogP contribution in [0.2, 0.25) is 0 Å². The lowest BCUT2D eigenvalue weighted by Gasteiger charge is -2.29. The molecule has 1 fully saturated rings. The molecule has 0 unspecified atom stereocenters. The molecule has 0 saturated heterocycles. The summed E-state index contributed by atoms with van der Waals surface area (Å²) in [6.07, 6.45) is 9.49. The molecule has 0 aliphatic heterocycles. The van der Waals surface area contributed by atoms with Gasteiger partial charge in [0.25, 0.3) is 0 Å². The molecule has 0 amide bonds. The lowest BCUT2D eigenvalue weighted by atomic mass is 9.83. The van der Waals surface area contributed by atoms with Crippen molar-refractivity contribution < 1.29 is 0 Å². The second kappa shape index (κ2) is 7.25. The molecule has 2 nitrogen and oxygen atoms in total. The maximum Gasteiger partial charge on any atom is 0.0897 e. The molecule has 18 heavy (non-hydrogen) atoms. The van der Waals surface area contributed by atoms with Gasteiger partial charge in [-0.1, -0.05) is 19.8 Å². The molecule has 0 radical (unpaired) electrons. The van der Waals surface area contributed by atoms with Gasteiger partial charge in [-0.05, 0) is 38.5 Å². The smallest absolute Gasteiger partial charge is 0.0897 e. The minimum absolute atomic E-state index is 0.762. The summed E-state index contributed by atoms with van der Waals surface area (Å²) >= 11 is 1.76. The van der Waals surface area contributed by atoms with Crippen molar-refractivity contribution in [2.75, 3.05) is 6.54 Å². The van der Waals surface area contributed by atoms with Crippen molar-refractivity contribution in [2.45, 2.75) is 64.8 Å². The highest BCUT2D eigenvalue weighted by molar-refractivity contribution is 7.09. The Morgan fingerprint density at radius 3 is 2.72 bits per heavy atom. The maximum absolute atomic E-state index is 4.51. The summed E-state index contributed by atoms with van der Waals surface area (Å²) in [5.74, 6) is 1.01. The summed E-state index contributed by atoms with van der Waals surface area (Å²) in [5.41, 5.74) is 1.25. The molecule has 1 aromatic rings. The van der Waals surface area contributed by atoms with E-state index in [0.29, 0.717) is 0 Å². The Labute approximate surface area is 115 Å². The summed E-state index contributed by atoms with van der Waals surface area (Å²) in [6.45, 7) is 5.48. The molecule has 102 valence electrons. The normalized spacial score (nSPS) is 24.3. The second-order valence-electron chi connectivity index (χ2n) is 5.57. The van der Waals surface area contributed by atoms with Gasteiger partial charge in [0, 0.05) is 24.4 Å². The zero-order valence-corrected chi connectivity index (χ0v) is 12.6. The van der Waals surface area contributed by atoms with Gasteiger partial charge in [0.05, 0.1) is 10.7 Å². The number of hydrogen-bond acceptors (Lipinski definition) is 3. The SMILES string of the molecule is CCCC1CCC(NCCc2csc(C)n2)CC1. The van der Waals surface area contributed by atoms with E-state index in [0.717, 1.165) is 24.9 Å². The van der Waals surface area contributed by atoms with Crippen LogP contribution in [-0.4, -0.2) is 17.6 Å². The van der Waals surface area contributed by atoms with Crippen LogP contribution in [0, 0.1) is 12.8 Å². The van der Waals surface area contributed by atoms with Crippen LogP contribution in [0.1, 0.15) is 56.2 Å². The predicted molar refractivity (Wildman–Crippen MR) is 79.2 cm³/mol. The molecule has 1 aromatic heterocycles. The van der Waals surface area contributed by atoms with Crippen LogP contribution in [0.5, 0.6) is 0 Å². The number of thiazole rings is 1. The quantitative estimate of drug-likeness (QED) is 0.843. The number of hydrogen-bond donors (Lipinski definition) is 1.